The number of rotatable bonds is 3. The number of aromatic nitrogens is 1. The van der Waals surface area contributed by atoms with Gasteiger partial charge in [0.25, 0.3) is 0 Å². The average Bonchev–Trinajstić information content (AvgIpc) is 2.69. The van der Waals surface area contributed by atoms with Crippen LogP contribution < -0.4 is 4.74 Å². The molecule has 0 aliphatic rings. The zero-order valence-electron chi connectivity index (χ0n) is 11.1. The summed E-state index contributed by atoms with van der Waals surface area (Å²) in [6.07, 6.45) is 0. The van der Waals surface area contributed by atoms with Gasteiger partial charge in [0.1, 0.15) is 10.8 Å². The predicted molar refractivity (Wildman–Crippen MR) is 74.2 cm³/mol. The second-order valence-electron chi connectivity index (χ2n) is 4.33. The summed E-state index contributed by atoms with van der Waals surface area (Å²) in [5.74, 6) is 0.860. The summed E-state index contributed by atoms with van der Waals surface area (Å²) in [5.41, 5.74) is 4.20. The topological polar surface area (TPSA) is 42.4 Å². The molecule has 2 aromatic rings. The maximum absolute atomic E-state index is 9.17. The van der Waals surface area contributed by atoms with Gasteiger partial charge >= 0.3 is 0 Å². The Morgan fingerprint density at radius 1 is 1.28 bits per heavy atom. The number of thiazole rings is 1. The molecular formula is C14H17NO2S. The molecular weight excluding hydrogens is 246 g/mol. The van der Waals surface area contributed by atoms with Crippen molar-refractivity contribution in [2.75, 3.05) is 7.11 Å². The Morgan fingerprint density at radius 2 is 2.00 bits per heavy atom. The van der Waals surface area contributed by atoms with E-state index in [9.17, 15) is 5.11 Å². The quantitative estimate of drug-likeness (QED) is 0.924. The van der Waals surface area contributed by atoms with Gasteiger partial charge in [-0.2, -0.15) is 0 Å². The molecule has 0 fully saturated rings. The zero-order chi connectivity index (χ0) is 13.3. The van der Waals surface area contributed by atoms with Crippen molar-refractivity contribution >= 4 is 11.3 Å². The number of hydrogen-bond donors (Lipinski definition) is 1. The van der Waals surface area contributed by atoms with Crippen LogP contribution in [0.5, 0.6) is 5.75 Å². The van der Waals surface area contributed by atoms with E-state index in [-0.39, 0.29) is 6.61 Å². The van der Waals surface area contributed by atoms with Gasteiger partial charge in [-0.25, -0.2) is 4.98 Å². The summed E-state index contributed by atoms with van der Waals surface area (Å²) < 4.78 is 5.49. The summed E-state index contributed by atoms with van der Waals surface area (Å²) in [6.45, 7) is 6.09. The highest BCUT2D eigenvalue weighted by Crippen LogP contribution is 2.37. The lowest BCUT2D eigenvalue weighted by atomic mass is 10.0. The molecule has 1 aromatic heterocycles. The van der Waals surface area contributed by atoms with E-state index in [1.54, 1.807) is 7.11 Å². The summed E-state index contributed by atoms with van der Waals surface area (Å²) >= 11 is 1.52. The SMILES string of the molecule is COc1c(C)cc(C)cc1-c1nc(CO)sc1C. The van der Waals surface area contributed by atoms with Crippen LogP contribution in [0.4, 0.5) is 0 Å². The van der Waals surface area contributed by atoms with E-state index in [0.717, 1.165) is 32.5 Å². The number of ether oxygens (including phenoxy) is 1. The Hall–Kier alpha value is -1.39. The first-order chi connectivity index (χ1) is 8.56. The highest BCUT2D eigenvalue weighted by Gasteiger charge is 2.15. The van der Waals surface area contributed by atoms with Crippen LogP contribution in [0.2, 0.25) is 0 Å². The van der Waals surface area contributed by atoms with Crippen molar-refractivity contribution in [3.63, 3.8) is 0 Å². The smallest absolute Gasteiger partial charge is 0.131 e. The van der Waals surface area contributed by atoms with Crippen molar-refractivity contribution in [3.8, 4) is 17.0 Å². The minimum absolute atomic E-state index is 0.0153. The van der Waals surface area contributed by atoms with Crippen LogP contribution in [0.15, 0.2) is 12.1 Å². The molecule has 0 atom stereocenters. The molecule has 96 valence electrons. The molecule has 1 aromatic carbocycles. The first kappa shape index (κ1) is 13.1. The summed E-state index contributed by atoms with van der Waals surface area (Å²) in [4.78, 5) is 5.58. The maximum Gasteiger partial charge on any atom is 0.131 e. The number of hydrogen-bond acceptors (Lipinski definition) is 4. The summed E-state index contributed by atoms with van der Waals surface area (Å²) in [5, 5.41) is 9.91. The zero-order valence-corrected chi connectivity index (χ0v) is 11.9. The van der Waals surface area contributed by atoms with E-state index in [4.69, 9.17) is 4.74 Å². The molecule has 0 bridgehead atoms. The summed E-state index contributed by atoms with van der Waals surface area (Å²) in [6, 6.07) is 4.17. The molecule has 0 radical (unpaired) electrons. The standard InChI is InChI=1S/C14H17NO2S/c1-8-5-9(2)14(17-4)11(6-8)13-10(3)18-12(7-16)15-13/h5-6,16H,7H2,1-4H3. The lowest BCUT2D eigenvalue weighted by molar-refractivity contribution is 0.281. The van der Waals surface area contributed by atoms with Crippen LogP contribution in [0.1, 0.15) is 21.0 Å². The number of methoxy groups -OCH3 is 1. The molecule has 0 saturated carbocycles. The number of aryl methyl sites for hydroxylation is 3. The highest BCUT2D eigenvalue weighted by molar-refractivity contribution is 7.12. The molecule has 0 unspecified atom stereocenters. The van der Waals surface area contributed by atoms with Crippen molar-refractivity contribution in [2.24, 2.45) is 0 Å². The fourth-order valence-electron chi connectivity index (χ4n) is 2.17. The van der Waals surface area contributed by atoms with E-state index in [1.165, 1.54) is 16.9 Å². The van der Waals surface area contributed by atoms with Gasteiger partial charge in [0.15, 0.2) is 0 Å². The van der Waals surface area contributed by atoms with E-state index in [0.29, 0.717) is 0 Å². The third-order valence-corrected chi connectivity index (χ3v) is 3.81. The molecule has 18 heavy (non-hydrogen) atoms. The van der Waals surface area contributed by atoms with Gasteiger partial charge in [-0.15, -0.1) is 11.3 Å². The van der Waals surface area contributed by atoms with E-state index < -0.39 is 0 Å². The van der Waals surface area contributed by atoms with Gasteiger partial charge in [-0.3, -0.25) is 0 Å². The van der Waals surface area contributed by atoms with Crippen molar-refractivity contribution in [3.05, 3.63) is 33.1 Å². The first-order valence-electron chi connectivity index (χ1n) is 5.79. The number of aliphatic hydroxyl groups excluding tert-OH is 1. The largest absolute Gasteiger partial charge is 0.496 e. The molecule has 0 amide bonds. The maximum atomic E-state index is 9.17. The fourth-order valence-corrected chi connectivity index (χ4v) is 2.98. The van der Waals surface area contributed by atoms with Gasteiger partial charge < -0.3 is 9.84 Å². The fraction of sp³-hybridized carbons (Fsp3) is 0.357. The molecule has 0 saturated heterocycles. The minimum atomic E-state index is -0.0153. The third-order valence-electron chi connectivity index (χ3n) is 2.85. The van der Waals surface area contributed by atoms with Crippen molar-refractivity contribution in [2.45, 2.75) is 27.4 Å². The monoisotopic (exact) mass is 263 g/mol. The lowest BCUT2D eigenvalue weighted by Gasteiger charge is -2.11. The van der Waals surface area contributed by atoms with E-state index in [2.05, 4.69) is 24.0 Å². The van der Waals surface area contributed by atoms with Crippen LogP contribution in [0.25, 0.3) is 11.3 Å². The van der Waals surface area contributed by atoms with Crippen LogP contribution >= 0.6 is 11.3 Å². The van der Waals surface area contributed by atoms with E-state index >= 15 is 0 Å². The second kappa shape index (κ2) is 5.08. The van der Waals surface area contributed by atoms with Gasteiger partial charge in [0.05, 0.1) is 19.4 Å². The molecule has 4 heteroatoms. The normalized spacial score (nSPS) is 10.7. The summed E-state index contributed by atoms with van der Waals surface area (Å²) in [7, 11) is 1.68. The molecule has 1 heterocycles. The minimum Gasteiger partial charge on any atom is -0.496 e. The first-order valence-corrected chi connectivity index (χ1v) is 6.61. The Bertz CT molecular complexity index is 575. The lowest BCUT2D eigenvalue weighted by Crippen LogP contribution is -1.94. The number of benzene rings is 1. The van der Waals surface area contributed by atoms with Gasteiger partial charge in [0, 0.05) is 10.4 Å². The van der Waals surface area contributed by atoms with Gasteiger partial charge in [0.2, 0.25) is 0 Å². The van der Waals surface area contributed by atoms with Crippen LogP contribution in [-0.4, -0.2) is 17.2 Å². The Morgan fingerprint density at radius 3 is 2.56 bits per heavy atom. The van der Waals surface area contributed by atoms with Crippen molar-refractivity contribution < 1.29 is 9.84 Å². The predicted octanol–water partition coefficient (Wildman–Crippen LogP) is 3.24. The van der Waals surface area contributed by atoms with Gasteiger partial charge in [-0.1, -0.05) is 6.07 Å². The van der Waals surface area contributed by atoms with E-state index in [1.807, 2.05) is 13.8 Å². The van der Waals surface area contributed by atoms with Gasteiger partial charge in [-0.05, 0) is 38.0 Å². The van der Waals surface area contributed by atoms with Crippen LogP contribution in [-0.2, 0) is 6.61 Å². The number of nitrogens with zero attached hydrogens (tertiary/aromatic N) is 1. The molecule has 0 spiro atoms. The molecule has 0 aliphatic heterocycles. The Labute approximate surface area is 111 Å². The third kappa shape index (κ3) is 2.26. The van der Waals surface area contributed by atoms with Crippen molar-refractivity contribution in [1.82, 2.24) is 4.98 Å². The average molecular weight is 263 g/mol. The highest BCUT2D eigenvalue weighted by atomic mass is 32.1. The van der Waals surface area contributed by atoms with Crippen molar-refractivity contribution in [1.29, 1.82) is 0 Å². The molecule has 2 rings (SSSR count). The molecule has 3 nitrogen and oxygen atoms in total. The Kier molecular flexibility index (Phi) is 3.68. The van der Waals surface area contributed by atoms with Crippen LogP contribution in [0.3, 0.4) is 0 Å². The molecule has 0 aliphatic carbocycles. The van der Waals surface area contributed by atoms with Crippen LogP contribution in [0, 0.1) is 20.8 Å². The Balaban J connectivity index is 2.65. The number of aliphatic hydroxyl groups is 1. The second-order valence-corrected chi connectivity index (χ2v) is 5.62. The molecule has 1 N–H and O–H groups in total.